The van der Waals surface area contributed by atoms with Gasteiger partial charge in [0.25, 0.3) is 11.8 Å². The van der Waals surface area contributed by atoms with Crippen LogP contribution in [0.2, 0.25) is 0 Å². The lowest BCUT2D eigenvalue weighted by molar-refractivity contribution is -0.118. The Balaban J connectivity index is 1.75. The molecule has 0 saturated heterocycles. The molecule has 3 aromatic carbocycles. The number of carbonyl (C=O) groups excluding carboxylic acids is 2. The first-order chi connectivity index (χ1) is 18.7. The molecule has 0 aromatic heterocycles. The molecule has 0 aliphatic heterocycles. The Morgan fingerprint density at radius 2 is 1.69 bits per heavy atom. The van der Waals surface area contributed by atoms with Crippen LogP contribution in [-0.4, -0.2) is 31.6 Å². The lowest BCUT2D eigenvalue weighted by atomic mass is 10.1. The minimum atomic E-state index is -0.556. The topological polar surface area (TPSA) is 110 Å². The van der Waals surface area contributed by atoms with Gasteiger partial charge in [-0.25, -0.2) is 0 Å². The zero-order chi connectivity index (χ0) is 28.4. The molecule has 3 rings (SSSR count). The molecule has 3 aromatic rings. The Hall–Kier alpha value is -4.29. The Morgan fingerprint density at radius 3 is 2.36 bits per heavy atom. The van der Waals surface area contributed by atoms with Crippen molar-refractivity contribution in [2.45, 2.75) is 27.7 Å². The minimum Gasteiger partial charge on any atom is -0.494 e. The Kier molecular flexibility index (Phi) is 10.5. The Labute approximate surface area is 236 Å². The summed E-state index contributed by atoms with van der Waals surface area (Å²) in [7, 11) is 0. The van der Waals surface area contributed by atoms with E-state index in [1.807, 2.05) is 52.0 Å². The first-order valence-corrected chi connectivity index (χ1v) is 13.2. The van der Waals surface area contributed by atoms with Gasteiger partial charge in [-0.1, -0.05) is 12.1 Å². The van der Waals surface area contributed by atoms with Gasteiger partial charge in [-0.2, -0.15) is 5.26 Å². The summed E-state index contributed by atoms with van der Waals surface area (Å²) in [6.07, 6.45) is 1.45. The summed E-state index contributed by atoms with van der Waals surface area (Å²) in [6.45, 7) is 8.26. The number of nitrogens with zero attached hydrogens (tertiary/aromatic N) is 1. The molecule has 0 atom stereocenters. The van der Waals surface area contributed by atoms with Crippen LogP contribution < -0.4 is 24.8 Å². The molecule has 2 amide bonds. The van der Waals surface area contributed by atoms with E-state index in [9.17, 15) is 14.9 Å². The molecule has 0 unspecified atom stereocenters. The third-order valence-electron chi connectivity index (χ3n) is 5.66. The van der Waals surface area contributed by atoms with Crippen LogP contribution in [0.1, 0.15) is 30.5 Å². The molecule has 0 radical (unpaired) electrons. The van der Waals surface area contributed by atoms with E-state index in [1.54, 1.807) is 36.4 Å². The summed E-state index contributed by atoms with van der Waals surface area (Å²) in [5, 5.41) is 15.2. The third kappa shape index (κ3) is 8.09. The maximum Gasteiger partial charge on any atom is 0.266 e. The summed E-state index contributed by atoms with van der Waals surface area (Å²) in [5.41, 5.74) is 3.75. The van der Waals surface area contributed by atoms with E-state index in [-0.39, 0.29) is 18.1 Å². The van der Waals surface area contributed by atoms with E-state index in [4.69, 9.17) is 14.2 Å². The average Bonchev–Trinajstić information content (AvgIpc) is 2.91. The van der Waals surface area contributed by atoms with E-state index in [0.29, 0.717) is 46.2 Å². The Bertz CT molecular complexity index is 1410. The van der Waals surface area contributed by atoms with Gasteiger partial charge in [0.15, 0.2) is 18.1 Å². The molecular formula is C30H30BrN3O5. The summed E-state index contributed by atoms with van der Waals surface area (Å²) in [5.74, 6) is 0.508. The number of carbonyl (C=O) groups is 2. The molecule has 0 heterocycles. The number of benzene rings is 3. The van der Waals surface area contributed by atoms with Gasteiger partial charge in [0.1, 0.15) is 17.4 Å². The van der Waals surface area contributed by atoms with Crippen molar-refractivity contribution in [3.8, 4) is 23.3 Å². The van der Waals surface area contributed by atoms with E-state index in [2.05, 4.69) is 26.6 Å². The minimum absolute atomic E-state index is 0.0974. The van der Waals surface area contributed by atoms with Gasteiger partial charge >= 0.3 is 0 Å². The van der Waals surface area contributed by atoms with Gasteiger partial charge < -0.3 is 24.8 Å². The highest BCUT2D eigenvalue weighted by Crippen LogP contribution is 2.37. The molecule has 0 saturated carbocycles. The molecule has 202 valence electrons. The summed E-state index contributed by atoms with van der Waals surface area (Å²) < 4.78 is 17.4. The molecule has 9 heteroatoms. The molecule has 0 aliphatic rings. The number of rotatable bonds is 11. The zero-order valence-electron chi connectivity index (χ0n) is 22.3. The Morgan fingerprint density at radius 1 is 0.974 bits per heavy atom. The number of amides is 2. The fourth-order valence-corrected chi connectivity index (χ4v) is 4.17. The predicted molar refractivity (Wildman–Crippen MR) is 155 cm³/mol. The maximum atomic E-state index is 12.7. The standard InChI is InChI=1S/C30H30BrN3O5/c1-5-37-24-12-10-23(11-13-24)33-30(36)22(17-32)14-21-15-25(31)29(27(16-21)38-6-2)39-18-28(35)34-26-9-7-8-19(3)20(26)4/h7-16H,5-6,18H2,1-4H3,(H,33,36)(H,34,35)/b22-14+. The van der Waals surface area contributed by atoms with Crippen molar-refractivity contribution >= 4 is 45.2 Å². The number of nitrogens with one attached hydrogen (secondary N) is 2. The fraction of sp³-hybridized carbons (Fsp3) is 0.233. The molecule has 0 bridgehead atoms. The quantitative estimate of drug-likeness (QED) is 0.196. The molecule has 2 N–H and O–H groups in total. The van der Waals surface area contributed by atoms with Gasteiger partial charge in [0.05, 0.1) is 17.7 Å². The van der Waals surface area contributed by atoms with E-state index in [0.717, 1.165) is 16.8 Å². The van der Waals surface area contributed by atoms with Crippen molar-refractivity contribution in [3.63, 3.8) is 0 Å². The summed E-state index contributed by atoms with van der Waals surface area (Å²) >= 11 is 3.47. The van der Waals surface area contributed by atoms with Crippen LogP contribution in [0.15, 0.2) is 64.6 Å². The number of hydrogen-bond donors (Lipinski definition) is 2. The van der Waals surface area contributed by atoms with Gasteiger partial charge in [-0.3, -0.25) is 9.59 Å². The number of halogens is 1. The van der Waals surface area contributed by atoms with Crippen LogP contribution in [0.25, 0.3) is 6.08 Å². The SMILES string of the molecule is CCOc1ccc(NC(=O)/C(C#N)=C/c2cc(Br)c(OCC(=O)Nc3cccc(C)c3C)c(OCC)c2)cc1. The first-order valence-electron chi connectivity index (χ1n) is 12.4. The largest absolute Gasteiger partial charge is 0.494 e. The van der Waals surface area contributed by atoms with Crippen molar-refractivity contribution in [2.24, 2.45) is 0 Å². The highest BCUT2D eigenvalue weighted by Gasteiger charge is 2.16. The number of aryl methyl sites for hydroxylation is 1. The summed E-state index contributed by atoms with van der Waals surface area (Å²) in [4.78, 5) is 25.3. The van der Waals surface area contributed by atoms with Crippen molar-refractivity contribution in [2.75, 3.05) is 30.5 Å². The van der Waals surface area contributed by atoms with Gasteiger partial charge in [-0.15, -0.1) is 0 Å². The molecule has 0 aliphatic carbocycles. The van der Waals surface area contributed by atoms with Crippen LogP contribution in [-0.2, 0) is 9.59 Å². The summed E-state index contributed by atoms with van der Waals surface area (Å²) in [6, 6.07) is 17.8. The third-order valence-corrected chi connectivity index (χ3v) is 6.25. The highest BCUT2D eigenvalue weighted by atomic mass is 79.9. The second-order valence-electron chi connectivity index (χ2n) is 8.43. The highest BCUT2D eigenvalue weighted by molar-refractivity contribution is 9.10. The van der Waals surface area contributed by atoms with Crippen LogP contribution in [0.3, 0.4) is 0 Å². The zero-order valence-corrected chi connectivity index (χ0v) is 23.8. The molecule has 39 heavy (non-hydrogen) atoms. The van der Waals surface area contributed by atoms with Crippen LogP contribution in [0.4, 0.5) is 11.4 Å². The van der Waals surface area contributed by atoms with Gasteiger partial charge in [0, 0.05) is 11.4 Å². The lowest BCUT2D eigenvalue weighted by Crippen LogP contribution is -2.21. The number of hydrogen-bond acceptors (Lipinski definition) is 6. The second kappa shape index (κ2) is 14.0. The first kappa shape index (κ1) is 29.3. The lowest BCUT2D eigenvalue weighted by Gasteiger charge is -2.15. The normalized spacial score (nSPS) is 10.8. The molecule has 0 spiro atoms. The van der Waals surface area contributed by atoms with E-state index < -0.39 is 5.91 Å². The monoisotopic (exact) mass is 591 g/mol. The van der Waals surface area contributed by atoms with Crippen molar-refractivity contribution in [1.29, 1.82) is 5.26 Å². The van der Waals surface area contributed by atoms with Crippen LogP contribution in [0, 0.1) is 25.2 Å². The number of nitriles is 1. The van der Waals surface area contributed by atoms with Gasteiger partial charge in [-0.05, 0) is 109 Å². The molecular weight excluding hydrogens is 562 g/mol. The fourth-order valence-electron chi connectivity index (χ4n) is 3.60. The van der Waals surface area contributed by atoms with Crippen molar-refractivity contribution in [1.82, 2.24) is 0 Å². The predicted octanol–water partition coefficient (Wildman–Crippen LogP) is 6.43. The van der Waals surface area contributed by atoms with Crippen LogP contribution >= 0.6 is 15.9 Å². The smallest absolute Gasteiger partial charge is 0.266 e. The van der Waals surface area contributed by atoms with E-state index in [1.165, 1.54) is 6.08 Å². The second-order valence-corrected chi connectivity index (χ2v) is 9.28. The number of anilines is 2. The van der Waals surface area contributed by atoms with Crippen LogP contribution in [0.5, 0.6) is 17.2 Å². The van der Waals surface area contributed by atoms with Crippen molar-refractivity contribution in [3.05, 3.63) is 81.3 Å². The van der Waals surface area contributed by atoms with Crippen molar-refractivity contribution < 1.29 is 23.8 Å². The number of ether oxygens (including phenoxy) is 3. The van der Waals surface area contributed by atoms with E-state index >= 15 is 0 Å². The molecule has 8 nitrogen and oxygen atoms in total. The molecule has 0 fully saturated rings. The maximum absolute atomic E-state index is 12.7. The van der Waals surface area contributed by atoms with Gasteiger partial charge in [0.2, 0.25) is 0 Å². The average molecular weight is 592 g/mol.